The first-order valence-corrected chi connectivity index (χ1v) is 8.02. The number of rotatable bonds is 6. The normalized spacial score (nSPS) is 10.4. The lowest BCUT2D eigenvalue weighted by Crippen LogP contribution is -2.31. The molecule has 0 heterocycles. The van der Waals surface area contributed by atoms with Crippen LogP contribution in [0.15, 0.2) is 36.4 Å². The fraction of sp³-hybridized carbons (Fsp3) is 0.278. The average Bonchev–Trinajstić information content (AvgIpc) is 2.55. The minimum Gasteiger partial charge on any atom is -0.482 e. The van der Waals surface area contributed by atoms with Crippen molar-refractivity contribution in [2.24, 2.45) is 0 Å². The Labute approximate surface area is 151 Å². The number of halogens is 1. The van der Waals surface area contributed by atoms with E-state index in [1.165, 1.54) is 23.8 Å². The van der Waals surface area contributed by atoms with Gasteiger partial charge in [0.25, 0.3) is 11.6 Å². The van der Waals surface area contributed by atoms with Crippen molar-refractivity contribution >= 4 is 23.2 Å². The molecule has 0 bridgehead atoms. The van der Waals surface area contributed by atoms with Gasteiger partial charge in [0.2, 0.25) is 0 Å². The molecule has 0 spiro atoms. The predicted octanol–water partition coefficient (Wildman–Crippen LogP) is 3.90. The Hall–Kier alpha value is -2.60. The zero-order chi connectivity index (χ0) is 18.6. The van der Waals surface area contributed by atoms with Gasteiger partial charge in [-0.05, 0) is 31.0 Å². The van der Waals surface area contributed by atoms with Gasteiger partial charge in [-0.15, -0.1) is 0 Å². The molecule has 0 aliphatic carbocycles. The molecule has 0 fully saturated rings. The second kappa shape index (κ2) is 7.98. The summed E-state index contributed by atoms with van der Waals surface area (Å²) < 4.78 is 5.40. The Morgan fingerprint density at radius 1 is 1.24 bits per heavy atom. The summed E-state index contributed by atoms with van der Waals surface area (Å²) in [7, 11) is 1.70. The van der Waals surface area contributed by atoms with E-state index in [4.69, 9.17) is 16.3 Å². The largest absolute Gasteiger partial charge is 0.482 e. The van der Waals surface area contributed by atoms with E-state index in [-0.39, 0.29) is 29.0 Å². The molecule has 7 heteroatoms. The highest BCUT2D eigenvalue weighted by Gasteiger charge is 2.14. The summed E-state index contributed by atoms with van der Waals surface area (Å²) in [6.45, 7) is 4.31. The van der Waals surface area contributed by atoms with Crippen LogP contribution < -0.4 is 4.74 Å². The first-order chi connectivity index (χ1) is 11.8. The lowest BCUT2D eigenvalue weighted by molar-refractivity contribution is -0.384. The van der Waals surface area contributed by atoms with Crippen molar-refractivity contribution in [1.29, 1.82) is 0 Å². The highest BCUT2D eigenvalue weighted by atomic mass is 35.5. The van der Waals surface area contributed by atoms with Crippen LogP contribution in [0.5, 0.6) is 5.75 Å². The number of non-ortho nitro benzene ring substituents is 1. The molecule has 0 aliphatic rings. The Morgan fingerprint density at radius 3 is 2.56 bits per heavy atom. The van der Waals surface area contributed by atoms with E-state index in [9.17, 15) is 14.9 Å². The van der Waals surface area contributed by atoms with Crippen molar-refractivity contribution < 1.29 is 14.5 Å². The molecule has 0 atom stereocenters. The lowest BCUT2D eigenvalue weighted by atomic mass is 10.1. The molecule has 0 saturated carbocycles. The maximum atomic E-state index is 12.2. The van der Waals surface area contributed by atoms with Gasteiger partial charge in [0.1, 0.15) is 5.75 Å². The van der Waals surface area contributed by atoms with E-state index >= 15 is 0 Å². The van der Waals surface area contributed by atoms with Crippen molar-refractivity contribution in [1.82, 2.24) is 4.90 Å². The quantitative estimate of drug-likeness (QED) is 0.577. The first-order valence-electron chi connectivity index (χ1n) is 7.64. The molecule has 0 saturated heterocycles. The molecular weight excluding hydrogens is 344 g/mol. The number of carbonyl (C=O) groups is 1. The van der Waals surface area contributed by atoms with Gasteiger partial charge in [-0.1, -0.05) is 35.4 Å². The van der Waals surface area contributed by atoms with Crippen LogP contribution in [0.1, 0.15) is 16.7 Å². The molecule has 0 radical (unpaired) electrons. The molecule has 132 valence electrons. The van der Waals surface area contributed by atoms with Crippen molar-refractivity contribution in [3.63, 3.8) is 0 Å². The summed E-state index contributed by atoms with van der Waals surface area (Å²) in [5.74, 6) is 0.0231. The molecule has 25 heavy (non-hydrogen) atoms. The van der Waals surface area contributed by atoms with Crippen LogP contribution in [0.25, 0.3) is 0 Å². The zero-order valence-corrected chi connectivity index (χ0v) is 15.0. The van der Waals surface area contributed by atoms with E-state index in [1.807, 2.05) is 26.0 Å². The van der Waals surface area contributed by atoms with E-state index in [2.05, 4.69) is 6.07 Å². The third-order valence-corrected chi connectivity index (χ3v) is 4.10. The summed E-state index contributed by atoms with van der Waals surface area (Å²) in [5.41, 5.74) is 3.23. The van der Waals surface area contributed by atoms with Crippen LogP contribution in [0.3, 0.4) is 0 Å². The minimum atomic E-state index is -0.543. The molecule has 0 N–H and O–H groups in total. The van der Waals surface area contributed by atoms with E-state index in [0.717, 1.165) is 11.1 Å². The first kappa shape index (κ1) is 18.7. The topological polar surface area (TPSA) is 72.7 Å². The number of hydrogen-bond donors (Lipinski definition) is 0. The number of likely N-dealkylation sites (N-methyl/N-ethyl adjacent to an activating group) is 1. The fourth-order valence-corrected chi connectivity index (χ4v) is 2.57. The Balaban J connectivity index is 1.96. The van der Waals surface area contributed by atoms with Crippen LogP contribution in [0.2, 0.25) is 5.02 Å². The highest BCUT2D eigenvalue weighted by Crippen LogP contribution is 2.28. The van der Waals surface area contributed by atoms with Crippen LogP contribution in [-0.4, -0.2) is 29.4 Å². The van der Waals surface area contributed by atoms with Crippen LogP contribution in [0, 0.1) is 24.0 Å². The highest BCUT2D eigenvalue weighted by molar-refractivity contribution is 6.32. The molecule has 0 unspecified atom stereocenters. The molecular formula is C18H19ClN2O4. The number of nitrogens with zero attached hydrogens (tertiary/aromatic N) is 2. The standard InChI is InChI=1S/C18H19ClN2O4/c1-12-4-5-14(13(2)8-12)10-20(3)18(22)11-25-17-7-6-15(21(23)24)9-16(17)19/h4-9H,10-11H2,1-3H3. The minimum absolute atomic E-state index is 0.0963. The van der Waals surface area contributed by atoms with E-state index in [0.29, 0.717) is 6.54 Å². The SMILES string of the molecule is Cc1ccc(CN(C)C(=O)COc2ccc([N+](=O)[O-])cc2Cl)c(C)c1. The smallest absolute Gasteiger partial charge is 0.271 e. The third kappa shape index (κ3) is 4.93. The average molecular weight is 363 g/mol. The second-order valence-electron chi connectivity index (χ2n) is 5.84. The predicted molar refractivity (Wildman–Crippen MR) is 96.0 cm³/mol. The van der Waals surface area contributed by atoms with Gasteiger partial charge in [0, 0.05) is 25.7 Å². The third-order valence-electron chi connectivity index (χ3n) is 3.81. The Morgan fingerprint density at radius 2 is 1.96 bits per heavy atom. The van der Waals surface area contributed by atoms with Gasteiger partial charge in [-0.2, -0.15) is 0 Å². The van der Waals surface area contributed by atoms with Crippen molar-refractivity contribution in [3.05, 3.63) is 68.2 Å². The van der Waals surface area contributed by atoms with Crippen molar-refractivity contribution in [2.45, 2.75) is 20.4 Å². The van der Waals surface area contributed by atoms with Gasteiger partial charge >= 0.3 is 0 Å². The second-order valence-corrected chi connectivity index (χ2v) is 6.25. The van der Waals surface area contributed by atoms with Crippen LogP contribution in [-0.2, 0) is 11.3 Å². The van der Waals surface area contributed by atoms with Crippen LogP contribution >= 0.6 is 11.6 Å². The number of ether oxygens (including phenoxy) is 1. The molecule has 1 amide bonds. The molecule has 6 nitrogen and oxygen atoms in total. The maximum absolute atomic E-state index is 12.2. The number of nitro groups is 1. The van der Waals surface area contributed by atoms with Gasteiger partial charge < -0.3 is 9.64 Å². The molecule has 2 aromatic rings. The Kier molecular flexibility index (Phi) is 5.98. The molecule has 0 aliphatic heterocycles. The van der Waals surface area contributed by atoms with Gasteiger partial charge in [-0.25, -0.2) is 0 Å². The van der Waals surface area contributed by atoms with Crippen LogP contribution in [0.4, 0.5) is 5.69 Å². The van der Waals surface area contributed by atoms with Gasteiger partial charge in [0.05, 0.1) is 9.95 Å². The number of hydrogen-bond acceptors (Lipinski definition) is 4. The number of amides is 1. The van der Waals surface area contributed by atoms with Crippen molar-refractivity contribution in [3.8, 4) is 5.75 Å². The molecule has 2 aromatic carbocycles. The maximum Gasteiger partial charge on any atom is 0.271 e. The summed E-state index contributed by atoms with van der Waals surface area (Å²) in [4.78, 5) is 23.9. The number of carbonyl (C=O) groups excluding carboxylic acids is 1. The van der Waals surface area contributed by atoms with E-state index < -0.39 is 4.92 Å². The Bertz CT molecular complexity index is 808. The zero-order valence-electron chi connectivity index (χ0n) is 14.3. The van der Waals surface area contributed by atoms with Crippen molar-refractivity contribution in [2.75, 3.05) is 13.7 Å². The van der Waals surface area contributed by atoms with E-state index in [1.54, 1.807) is 11.9 Å². The number of nitro benzene ring substituents is 1. The monoisotopic (exact) mass is 362 g/mol. The summed E-state index contributed by atoms with van der Waals surface area (Å²) in [6, 6.07) is 9.95. The number of aryl methyl sites for hydroxylation is 2. The summed E-state index contributed by atoms with van der Waals surface area (Å²) >= 11 is 5.95. The van der Waals surface area contributed by atoms with Gasteiger partial charge in [0.15, 0.2) is 6.61 Å². The number of benzene rings is 2. The summed E-state index contributed by atoms with van der Waals surface area (Å²) in [5, 5.41) is 10.8. The lowest BCUT2D eigenvalue weighted by Gasteiger charge is -2.19. The molecule has 2 rings (SSSR count). The van der Waals surface area contributed by atoms with Gasteiger partial charge in [-0.3, -0.25) is 14.9 Å². The fourth-order valence-electron chi connectivity index (χ4n) is 2.34. The molecule has 0 aromatic heterocycles. The summed E-state index contributed by atoms with van der Waals surface area (Å²) in [6.07, 6.45) is 0.